The number of nitrogens with zero attached hydrogens (tertiary/aromatic N) is 3. The Morgan fingerprint density at radius 2 is 1.88 bits per heavy atom. The van der Waals surface area contributed by atoms with E-state index in [1.54, 1.807) is 34.4 Å². The van der Waals surface area contributed by atoms with Crippen molar-refractivity contribution in [3.05, 3.63) is 89.6 Å². The third-order valence-corrected chi connectivity index (χ3v) is 9.52. The Hall–Kier alpha value is -3.61. The predicted octanol–water partition coefficient (Wildman–Crippen LogP) is 4.43. The third-order valence-electron chi connectivity index (χ3n) is 7.60. The lowest BCUT2D eigenvalue weighted by Crippen LogP contribution is -2.48. The fraction of sp³-hybridized carbons (Fsp3) is 0.355. The van der Waals surface area contributed by atoms with E-state index in [-0.39, 0.29) is 12.5 Å². The molecule has 1 aliphatic heterocycles. The topological polar surface area (TPSA) is 132 Å². The number of aromatic nitrogens is 2. The highest BCUT2D eigenvalue weighted by atomic mass is 32.3. The van der Waals surface area contributed by atoms with Crippen LogP contribution in [0.2, 0.25) is 0 Å². The van der Waals surface area contributed by atoms with Gasteiger partial charge in [-0.1, -0.05) is 42.5 Å². The number of carbonyl (C=O) groups is 1. The first kappa shape index (κ1) is 29.9. The van der Waals surface area contributed by atoms with E-state index >= 15 is 0 Å². The summed E-state index contributed by atoms with van der Waals surface area (Å²) in [6.07, 6.45) is 1.91. The van der Waals surface area contributed by atoms with Crippen molar-refractivity contribution >= 4 is 33.3 Å². The summed E-state index contributed by atoms with van der Waals surface area (Å²) in [6, 6.07) is 20.3. The molecule has 2 atom stereocenters. The Morgan fingerprint density at radius 1 is 1.10 bits per heavy atom. The summed E-state index contributed by atoms with van der Waals surface area (Å²) < 4.78 is 30.1. The molecular formula is C31H39N5O5S. The average Bonchev–Trinajstić information content (AvgIpc) is 3.58. The number of aliphatic hydroxyl groups excluding tert-OH is 1. The van der Waals surface area contributed by atoms with Crippen LogP contribution in [-0.2, 0) is 19.5 Å². The number of aryl methyl sites for hydroxylation is 1. The molecule has 0 unspecified atom stereocenters. The summed E-state index contributed by atoms with van der Waals surface area (Å²) >= 11 is 0. The first-order chi connectivity index (χ1) is 20.3. The predicted molar refractivity (Wildman–Crippen MR) is 167 cm³/mol. The maximum absolute atomic E-state index is 13.8. The molecule has 0 aliphatic carbocycles. The van der Waals surface area contributed by atoms with Crippen LogP contribution in [-0.4, -0.2) is 68.0 Å². The number of anilines is 1. The number of fused-ring (bicyclic) bond motifs is 1. The second-order valence-corrected chi connectivity index (χ2v) is 12.6. The number of ether oxygens (including phenoxy) is 1. The molecule has 0 bridgehead atoms. The van der Waals surface area contributed by atoms with E-state index in [0.717, 1.165) is 27.8 Å². The number of amides is 1. The van der Waals surface area contributed by atoms with Gasteiger partial charge in [-0.2, -0.15) is 5.10 Å². The second kappa shape index (κ2) is 13.1. The maximum Gasteiger partial charge on any atom is 0.251 e. The van der Waals surface area contributed by atoms with E-state index in [0.29, 0.717) is 49.5 Å². The molecule has 0 saturated carbocycles. The van der Waals surface area contributed by atoms with Crippen LogP contribution < -0.4 is 19.7 Å². The Morgan fingerprint density at radius 3 is 2.60 bits per heavy atom. The Balaban J connectivity index is 1.38. The summed E-state index contributed by atoms with van der Waals surface area (Å²) in [5.74, 6) is 0.700. The molecule has 1 aliphatic rings. The number of benzene rings is 3. The number of rotatable bonds is 12. The molecule has 4 aromatic rings. The molecule has 1 aromatic heterocycles. The first-order valence-corrected chi connectivity index (χ1v) is 15.9. The van der Waals surface area contributed by atoms with Gasteiger partial charge in [0.05, 0.1) is 42.4 Å². The molecule has 2 heterocycles. The summed E-state index contributed by atoms with van der Waals surface area (Å²) in [6.45, 7) is 3.83. The minimum absolute atomic E-state index is 0.260. The van der Waals surface area contributed by atoms with Crippen LogP contribution in [0.5, 0.6) is 5.75 Å². The van der Waals surface area contributed by atoms with Crippen molar-refractivity contribution < 1.29 is 23.7 Å². The van der Waals surface area contributed by atoms with E-state index in [1.165, 1.54) is 0 Å². The van der Waals surface area contributed by atoms with Crippen LogP contribution in [0.25, 0.3) is 10.9 Å². The molecule has 11 heteroatoms. The third kappa shape index (κ3) is 6.71. The van der Waals surface area contributed by atoms with Gasteiger partial charge in [0.25, 0.3) is 5.91 Å². The maximum atomic E-state index is 13.8. The highest BCUT2D eigenvalue weighted by molar-refractivity contribution is 8.25. The first-order valence-electron chi connectivity index (χ1n) is 14.2. The Labute approximate surface area is 247 Å². The van der Waals surface area contributed by atoms with Crippen molar-refractivity contribution in [3.8, 4) is 5.75 Å². The second-order valence-electron chi connectivity index (χ2n) is 10.5. The normalized spacial score (nSPS) is 16.7. The number of nitrogens with one attached hydrogen (secondary N) is 2. The zero-order chi connectivity index (χ0) is 29.7. The molecule has 3 aromatic carbocycles. The standard InChI is InChI=1S/C31H39N5O5S/c1-3-35-28-17-24(18-29(26(28)20-33-35)36-13-8-14-42(36,39)40)31(38)34-27(16-22-9-5-4-6-10-22)30(37)21-32-19-23-11-7-12-25(15-23)41-2/h4-7,9-12,15,17-18,20,27,30,32,37,39-40H,3,8,13-14,16,19,21H2,1-2H3,(H,34,38)/t27-,30-/m0/s1. The fourth-order valence-electron chi connectivity index (χ4n) is 5.38. The number of hydrogen-bond donors (Lipinski definition) is 5. The minimum Gasteiger partial charge on any atom is -0.497 e. The lowest BCUT2D eigenvalue weighted by Gasteiger charge is -2.38. The van der Waals surface area contributed by atoms with Gasteiger partial charge < -0.3 is 20.5 Å². The van der Waals surface area contributed by atoms with Crippen molar-refractivity contribution in [1.29, 1.82) is 0 Å². The molecular weight excluding hydrogens is 554 g/mol. The van der Waals surface area contributed by atoms with Crippen LogP contribution in [0, 0.1) is 0 Å². The summed E-state index contributed by atoms with van der Waals surface area (Å²) in [4.78, 5) is 13.8. The molecule has 1 fully saturated rings. The molecule has 5 rings (SSSR count). The number of aliphatic hydroxyl groups is 1. The summed E-state index contributed by atoms with van der Waals surface area (Å²) in [5, 5.41) is 22.9. The zero-order valence-corrected chi connectivity index (χ0v) is 24.8. The molecule has 0 spiro atoms. The van der Waals surface area contributed by atoms with Crippen molar-refractivity contribution in [2.45, 2.75) is 45.0 Å². The van der Waals surface area contributed by atoms with Gasteiger partial charge in [-0.25, -0.2) is 0 Å². The molecule has 224 valence electrons. The molecule has 1 saturated heterocycles. The van der Waals surface area contributed by atoms with Crippen molar-refractivity contribution in [2.24, 2.45) is 0 Å². The van der Waals surface area contributed by atoms with E-state index in [2.05, 4.69) is 15.7 Å². The minimum atomic E-state index is -2.98. The molecule has 0 radical (unpaired) electrons. The quantitative estimate of drug-likeness (QED) is 0.163. The fourth-order valence-corrected chi connectivity index (χ4v) is 7.00. The highest BCUT2D eigenvalue weighted by Gasteiger charge is 2.32. The lowest BCUT2D eigenvalue weighted by atomic mass is 10.00. The monoisotopic (exact) mass is 593 g/mol. The Kier molecular flexibility index (Phi) is 9.34. The van der Waals surface area contributed by atoms with Crippen molar-refractivity contribution in [3.63, 3.8) is 0 Å². The van der Waals surface area contributed by atoms with Gasteiger partial charge in [-0.3, -0.25) is 22.9 Å². The number of hydrogen-bond acceptors (Lipinski definition) is 8. The van der Waals surface area contributed by atoms with E-state index in [1.807, 2.05) is 61.5 Å². The van der Waals surface area contributed by atoms with Gasteiger partial charge >= 0.3 is 0 Å². The van der Waals surface area contributed by atoms with Crippen LogP contribution in [0.3, 0.4) is 0 Å². The largest absolute Gasteiger partial charge is 0.497 e. The SMILES string of the molecule is CCn1ncc2c(N3CCCS3(O)O)cc(C(=O)N[C@@H](Cc3ccccc3)[C@@H](O)CNCc3cccc(OC)c3)cc21. The van der Waals surface area contributed by atoms with Gasteiger partial charge in [-0.15, -0.1) is 10.8 Å². The zero-order valence-electron chi connectivity index (χ0n) is 23.9. The van der Waals surface area contributed by atoms with Crippen molar-refractivity contribution in [1.82, 2.24) is 20.4 Å². The van der Waals surface area contributed by atoms with Gasteiger partial charge in [-0.05, 0) is 55.2 Å². The van der Waals surface area contributed by atoms with Crippen LogP contribution in [0.4, 0.5) is 5.69 Å². The van der Waals surface area contributed by atoms with E-state index < -0.39 is 22.9 Å². The van der Waals surface area contributed by atoms with Gasteiger partial charge in [0.2, 0.25) is 0 Å². The summed E-state index contributed by atoms with van der Waals surface area (Å²) in [7, 11) is -1.35. The molecule has 42 heavy (non-hydrogen) atoms. The highest BCUT2D eigenvalue weighted by Crippen LogP contribution is 2.52. The van der Waals surface area contributed by atoms with Gasteiger partial charge in [0.1, 0.15) is 5.75 Å². The molecule has 1 amide bonds. The smallest absolute Gasteiger partial charge is 0.251 e. The van der Waals surface area contributed by atoms with E-state index in [4.69, 9.17) is 4.74 Å². The van der Waals surface area contributed by atoms with Crippen LogP contribution in [0.1, 0.15) is 34.8 Å². The number of methoxy groups -OCH3 is 1. The average molecular weight is 594 g/mol. The van der Waals surface area contributed by atoms with Gasteiger partial charge in [0, 0.05) is 37.1 Å². The van der Waals surface area contributed by atoms with Crippen molar-refractivity contribution in [2.75, 3.05) is 30.3 Å². The lowest BCUT2D eigenvalue weighted by molar-refractivity contribution is 0.0830. The summed E-state index contributed by atoms with van der Waals surface area (Å²) in [5.41, 5.74) is 3.69. The van der Waals surface area contributed by atoms with Crippen LogP contribution >= 0.6 is 10.8 Å². The van der Waals surface area contributed by atoms with Gasteiger partial charge in [0.15, 0.2) is 0 Å². The van der Waals surface area contributed by atoms with Crippen LogP contribution in [0.15, 0.2) is 72.9 Å². The molecule has 5 N–H and O–H groups in total. The number of carbonyl (C=O) groups excluding carboxylic acids is 1. The Bertz CT molecular complexity index is 1510. The molecule has 10 nitrogen and oxygen atoms in total. The van der Waals surface area contributed by atoms with E-state index in [9.17, 15) is 19.0 Å².